The van der Waals surface area contributed by atoms with Crippen LogP contribution in [-0.2, 0) is 0 Å². The van der Waals surface area contributed by atoms with E-state index in [1.807, 2.05) is 6.07 Å². The van der Waals surface area contributed by atoms with Gasteiger partial charge in [0.2, 0.25) is 0 Å². The number of hydrogen-bond donors (Lipinski definition) is 2. The van der Waals surface area contributed by atoms with Crippen molar-refractivity contribution in [2.24, 2.45) is 11.7 Å². The minimum atomic E-state index is 0.127. The summed E-state index contributed by atoms with van der Waals surface area (Å²) in [6.07, 6.45) is 0. The molecule has 0 bridgehead atoms. The molecule has 0 aliphatic carbocycles. The summed E-state index contributed by atoms with van der Waals surface area (Å²) in [5.41, 5.74) is 7.62. The van der Waals surface area contributed by atoms with Gasteiger partial charge in [-0.3, -0.25) is 4.90 Å². The second kappa shape index (κ2) is 6.51. The average molecular weight is 261 g/mol. The van der Waals surface area contributed by atoms with Crippen molar-refractivity contribution < 1.29 is 0 Å². The van der Waals surface area contributed by atoms with Gasteiger partial charge in [-0.25, -0.2) is 0 Å². The van der Waals surface area contributed by atoms with Crippen LogP contribution >= 0.6 is 0 Å². The molecule has 0 unspecified atom stereocenters. The smallest absolute Gasteiger partial charge is 0.0333 e. The Morgan fingerprint density at radius 3 is 2.37 bits per heavy atom. The standard InChI is InChI=1S/C16H27N3/c1-12(16(17)15-7-5-4-6-8-15)9-19-10-13(2)18-14(3)11-19/h4-8,12-14,16,18H,9-11,17H2,1-3H3/t12-,13-,14+,16+/m0/s1. The first-order chi connectivity index (χ1) is 9.06. The Hall–Kier alpha value is -0.900. The van der Waals surface area contributed by atoms with E-state index in [1.165, 1.54) is 5.56 Å². The van der Waals surface area contributed by atoms with E-state index in [9.17, 15) is 0 Å². The maximum Gasteiger partial charge on any atom is 0.0333 e. The van der Waals surface area contributed by atoms with Crippen LogP contribution in [0, 0.1) is 5.92 Å². The Morgan fingerprint density at radius 1 is 1.21 bits per heavy atom. The third-order valence-electron chi connectivity index (χ3n) is 3.98. The van der Waals surface area contributed by atoms with Gasteiger partial charge in [0.15, 0.2) is 0 Å². The monoisotopic (exact) mass is 261 g/mol. The van der Waals surface area contributed by atoms with Gasteiger partial charge < -0.3 is 11.1 Å². The van der Waals surface area contributed by atoms with Gasteiger partial charge in [0, 0.05) is 37.8 Å². The molecule has 0 amide bonds. The maximum absolute atomic E-state index is 6.38. The molecule has 3 N–H and O–H groups in total. The third kappa shape index (κ3) is 4.03. The lowest BCUT2D eigenvalue weighted by molar-refractivity contribution is 0.147. The lowest BCUT2D eigenvalue weighted by Crippen LogP contribution is -2.55. The molecule has 2 rings (SSSR count). The van der Waals surface area contributed by atoms with Crippen LogP contribution in [0.1, 0.15) is 32.4 Å². The number of rotatable bonds is 4. The molecule has 3 heteroatoms. The van der Waals surface area contributed by atoms with Crippen LogP contribution in [0.2, 0.25) is 0 Å². The molecule has 3 nitrogen and oxygen atoms in total. The van der Waals surface area contributed by atoms with E-state index < -0.39 is 0 Å². The number of piperazine rings is 1. The zero-order valence-corrected chi connectivity index (χ0v) is 12.3. The normalized spacial score (nSPS) is 28.0. The van der Waals surface area contributed by atoms with E-state index in [1.54, 1.807) is 0 Å². The van der Waals surface area contributed by atoms with Crippen molar-refractivity contribution in [1.29, 1.82) is 0 Å². The first-order valence-electron chi connectivity index (χ1n) is 7.35. The molecule has 0 aromatic heterocycles. The quantitative estimate of drug-likeness (QED) is 0.871. The van der Waals surface area contributed by atoms with Crippen LogP contribution in [0.4, 0.5) is 0 Å². The topological polar surface area (TPSA) is 41.3 Å². The van der Waals surface area contributed by atoms with Gasteiger partial charge in [-0.05, 0) is 25.3 Å². The number of hydrogen-bond acceptors (Lipinski definition) is 3. The van der Waals surface area contributed by atoms with Crippen LogP contribution in [-0.4, -0.2) is 36.6 Å². The zero-order valence-electron chi connectivity index (χ0n) is 12.3. The van der Waals surface area contributed by atoms with Crippen molar-refractivity contribution in [2.45, 2.75) is 38.9 Å². The summed E-state index contributed by atoms with van der Waals surface area (Å²) in [4.78, 5) is 2.54. The van der Waals surface area contributed by atoms with Crippen LogP contribution in [0.3, 0.4) is 0 Å². The van der Waals surface area contributed by atoms with Gasteiger partial charge in [-0.15, -0.1) is 0 Å². The highest BCUT2D eigenvalue weighted by Gasteiger charge is 2.24. The van der Waals surface area contributed by atoms with Crippen molar-refractivity contribution in [1.82, 2.24) is 10.2 Å². The van der Waals surface area contributed by atoms with Crippen molar-refractivity contribution in [3.05, 3.63) is 35.9 Å². The van der Waals surface area contributed by atoms with Crippen LogP contribution < -0.4 is 11.1 Å². The second-order valence-corrected chi connectivity index (χ2v) is 6.10. The summed E-state index contributed by atoms with van der Waals surface area (Å²) in [7, 11) is 0. The third-order valence-corrected chi connectivity index (χ3v) is 3.98. The minimum absolute atomic E-state index is 0.127. The maximum atomic E-state index is 6.38. The first-order valence-corrected chi connectivity index (χ1v) is 7.35. The van der Waals surface area contributed by atoms with Gasteiger partial charge in [0.25, 0.3) is 0 Å². The Kier molecular flexibility index (Phi) is 4.97. The lowest BCUT2D eigenvalue weighted by Gasteiger charge is -2.38. The Bertz CT molecular complexity index is 369. The second-order valence-electron chi connectivity index (χ2n) is 6.10. The molecule has 19 heavy (non-hydrogen) atoms. The average Bonchev–Trinajstić information content (AvgIpc) is 2.37. The summed E-state index contributed by atoms with van der Waals surface area (Å²) in [5.74, 6) is 0.472. The van der Waals surface area contributed by atoms with Gasteiger partial charge >= 0.3 is 0 Å². The molecule has 4 atom stereocenters. The summed E-state index contributed by atoms with van der Waals surface area (Å²) < 4.78 is 0. The number of nitrogens with two attached hydrogens (primary N) is 1. The predicted octanol–water partition coefficient (Wildman–Crippen LogP) is 2.00. The summed E-state index contributed by atoms with van der Waals surface area (Å²) in [6, 6.07) is 11.7. The fraction of sp³-hybridized carbons (Fsp3) is 0.625. The van der Waals surface area contributed by atoms with Crippen molar-refractivity contribution in [2.75, 3.05) is 19.6 Å². The number of nitrogens with one attached hydrogen (secondary N) is 1. The molecule has 1 aromatic carbocycles. The summed E-state index contributed by atoms with van der Waals surface area (Å²) in [5, 5.41) is 3.57. The molecule has 0 saturated carbocycles. The van der Waals surface area contributed by atoms with Gasteiger partial charge in [-0.1, -0.05) is 37.3 Å². The molecule has 0 radical (unpaired) electrons. The first kappa shape index (κ1) is 14.5. The zero-order chi connectivity index (χ0) is 13.8. The van der Waals surface area contributed by atoms with Gasteiger partial charge in [0.1, 0.15) is 0 Å². The van der Waals surface area contributed by atoms with E-state index in [4.69, 9.17) is 5.73 Å². The fourth-order valence-electron chi connectivity index (χ4n) is 3.11. The molecule has 1 aliphatic heterocycles. The molecule has 0 spiro atoms. The van der Waals surface area contributed by atoms with Crippen LogP contribution in [0.5, 0.6) is 0 Å². The van der Waals surface area contributed by atoms with E-state index in [0.717, 1.165) is 19.6 Å². The molecule has 106 valence electrons. The molecule has 1 heterocycles. The Morgan fingerprint density at radius 2 is 1.79 bits per heavy atom. The largest absolute Gasteiger partial charge is 0.324 e. The highest BCUT2D eigenvalue weighted by Crippen LogP contribution is 2.20. The molecular formula is C16H27N3. The van der Waals surface area contributed by atoms with E-state index in [0.29, 0.717) is 18.0 Å². The summed E-state index contributed by atoms with van der Waals surface area (Å²) >= 11 is 0. The molecule has 1 aromatic rings. The van der Waals surface area contributed by atoms with E-state index in [2.05, 4.69) is 55.3 Å². The van der Waals surface area contributed by atoms with Crippen LogP contribution in [0.15, 0.2) is 30.3 Å². The van der Waals surface area contributed by atoms with E-state index >= 15 is 0 Å². The van der Waals surface area contributed by atoms with Crippen molar-refractivity contribution in [3.8, 4) is 0 Å². The highest BCUT2D eigenvalue weighted by molar-refractivity contribution is 5.19. The Labute approximate surface area is 117 Å². The predicted molar refractivity (Wildman–Crippen MR) is 81.0 cm³/mol. The highest BCUT2D eigenvalue weighted by atomic mass is 15.2. The van der Waals surface area contributed by atoms with E-state index in [-0.39, 0.29) is 6.04 Å². The minimum Gasteiger partial charge on any atom is -0.324 e. The van der Waals surface area contributed by atoms with Crippen molar-refractivity contribution in [3.63, 3.8) is 0 Å². The molecule has 1 fully saturated rings. The Balaban J connectivity index is 1.91. The lowest BCUT2D eigenvalue weighted by atomic mass is 9.94. The van der Waals surface area contributed by atoms with Gasteiger partial charge in [-0.2, -0.15) is 0 Å². The van der Waals surface area contributed by atoms with Crippen LogP contribution in [0.25, 0.3) is 0 Å². The summed E-state index contributed by atoms with van der Waals surface area (Å²) in [6.45, 7) is 10.1. The molecule has 1 saturated heterocycles. The molecule has 1 aliphatic rings. The fourth-order valence-corrected chi connectivity index (χ4v) is 3.11. The SMILES string of the molecule is C[C@@H]1CN(C[C@H](C)[C@@H](N)c2ccccc2)C[C@H](C)N1. The molecular weight excluding hydrogens is 234 g/mol. The number of nitrogens with zero attached hydrogens (tertiary/aromatic N) is 1. The van der Waals surface area contributed by atoms with Gasteiger partial charge in [0.05, 0.1) is 0 Å². The number of benzene rings is 1. The van der Waals surface area contributed by atoms with Crippen molar-refractivity contribution >= 4 is 0 Å².